The second-order valence-electron chi connectivity index (χ2n) is 6.08. The third-order valence-electron chi connectivity index (χ3n) is 4.06. The van der Waals surface area contributed by atoms with Gasteiger partial charge in [-0.2, -0.15) is 0 Å². The highest BCUT2D eigenvalue weighted by atomic mass is 32.2. The molecule has 0 radical (unpaired) electrons. The van der Waals surface area contributed by atoms with Crippen LogP contribution in [0, 0.1) is 13.8 Å². The molecule has 2 aromatic carbocycles. The molecule has 2 aromatic rings. The molecule has 28 heavy (non-hydrogen) atoms. The summed E-state index contributed by atoms with van der Waals surface area (Å²) < 4.78 is 21.7. The van der Waals surface area contributed by atoms with Gasteiger partial charge in [0.2, 0.25) is 11.7 Å². The van der Waals surface area contributed by atoms with Gasteiger partial charge in [0, 0.05) is 23.6 Å². The van der Waals surface area contributed by atoms with Crippen molar-refractivity contribution in [1.29, 1.82) is 0 Å². The first kappa shape index (κ1) is 21.8. The molecule has 0 saturated carbocycles. The lowest BCUT2D eigenvalue weighted by molar-refractivity contribution is -0.113. The lowest BCUT2D eigenvalue weighted by Crippen LogP contribution is -2.15. The van der Waals surface area contributed by atoms with Crippen molar-refractivity contribution in [3.8, 4) is 23.0 Å². The second kappa shape index (κ2) is 10.7. The van der Waals surface area contributed by atoms with Crippen molar-refractivity contribution in [2.45, 2.75) is 13.8 Å². The van der Waals surface area contributed by atoms with Gasteiger partial charge in [-0.05, 0) is 25.0 Å². The monoisotopic (exact) mass is 405 g/mol. The molecule has 0 saturated heterocycles. The van der Waals surface area contributed by atoms with Crippen LogP contribution in [0.4, 0.5) is 5.69 Å². The largest absolute Gasteiger partial charge is 0.493 e. The van der Waals surface area contributed by atoms with Crippen molar-refractivity contribution in [3.63, 3.8) is 0 Å². The highest BCUT2D eigenvalue weighted by Gasteiger charge is 2.14. The summed E-state index contributed by atoms with van der Waals surface area (Å²) in [6.07, 6.45) is 0. The van der Waals surface area contributed by atoms with Gasteiger partial charge in [-0.15, -0.1) is 11.8 Å². The van der Waals surface area contributed by atoms with E-state index in [-0.39, 0.29) is 5.91 Å². The molecule has 1 amide bonds. The van der Waals surface area contributed by atoms with Crippen molar-refractivity contribution in [2.75, 3.05) is 44.8 Å². The third kappa shape index (κ3) is 5.73. The predicted molar refractivity (Wildman–Crippen MR) is 113 cm³/mol. The Bertz CT molecular complexity index is 764. The minimum atomic E-state index is -0.105. The first-order valence-corrected chi connectivity index (χ1v) is 10.0. The molecule has 2 rings (SSSR count). The van der Waals surface area contributed by atoms with Gasteiger partial charge in [0.1, 0.15) is 5.75 Å². The van der Waals surface area contributed by atoms with Crippen molar-refractivity contribution < 1.29 is 23.7 Å². The summed E-state index contributed by atoms with van der Waals surface area (Å²) in [6, 6.07) is 9.47. The van der Waals surface area contributed by atoms with E-state index in [2.05, 4.69) is 5.32 Å². The molecule has 0 fully saturated rings. The average molecular weight is 406 g/mol. The van der Waals surface area contributed by atoms with Gasteiger partial charge in [-0.3, -0.25) is 4.79 Å². The zero-order chi connectivity index (χ0) is 20.5. The summed E-state index contributed by atoms with van der Waals surface area (Å²) in [6.45, 7) is 4.61. The van der Waals surface area contributed by atoms with Crippen LogP contribution >= 0.6 is 11.8 Å². The number of amides is 1. The summed E-state index contributed by atoms with van der Waals surface area (Å²) in [7, 11) is 4.61. The number of hydrogen-bond donors (Lipinski definition) is 1. The maximum Gasteiger partial charge on any atom is 0.234 e. The van der Waals surface area contributed by atoms with E-state index in [1.807, 2.05) is 32.0 Å². The Balaban J connectivity index is 1.83. The molecule has 1 N–H and O–H groups in total. The number of rotatable bonds is 10. The lowest BCUT2D eigenvalue weighted by Gasteiger charge is -2.14. The number of anilines is 1. The topological polar surface area (TPSA) is 66.0 Å². The van der Waals surface area contributed by atoms with E-state index in [0.29, 0.717) is 35.3 Å². The fraction of sp³-hybridized carbons (Fsp3) is 0.381. The summed E-state index contributed by atoms with van der Waals surface area (Å²) >= 11 is 1.51. The van der Waals surface area contributed by atoms with E-state index in [9.17, 15) is 4.79 Å². The van der Waals surface area contributed by atoms with Crippen LogP contribution in [0.1, 0.15) is 11.1 Å². The fourth-order valence-electron chi connectivity index (χ4n) is 2.74. The number of carbonyl (C=O) groups excluding carboxylic acids is 1. The Morgan fingerprint density at radius 1 is 0.964 bits per heavy atom. The molecule has 152 valence electrons. The zero-order valence-corrected chi connectivity index (χ0v) is 17.8. The first-order valence-electron chi connectivity index (χ1n) is 8.86. The second-order valence-corrected chi connectivity index (χ2v) is 7.19. The van der Waals surface area contributed by atoms with Gasteiger partial charge in [0.05, 0.1) is 33.7 Å². The number of aryl methyl sites for hydroxylation is 2. The van der Waals surface area contributed by atoms with Gasteiger partial charge in [0.15, 0.2) is 11.5 Å². The van der Waals surface area contributed by atoms with E-state index in [4.69, 9.17) is 18.9 Å². The van der Waals surface area contributed by atoms with Crippen molar-refractivity contribution in [3.05, 3.63) is 41.5 Å². The molecule has 0 aliphatic rings. The summed E-state index contributed by atoms with van der Waals surface area (Å²) in [5, 5.41) is 2.85. The molecule has 0 atom stereocenters. The summed E-state index contributed by atoms with van der Waals surface area (Å²) in [5.41, 5.74) is 2.82. The molecular weight excluding hydrogens is 378 g/mol. The van der Waals surface area contributed by atoms with Crippen LogP contribution in [0.2, 0.25) is 0 Å². The summed E-state index contributed by atoms with van der Waals surface area (Å²) in [4.78, 5) is 12.2. The Hall–Kier alpha value is -2.54. The highest BCUT2D eigenvalue weighted by molar-refractivity contribution is 7.99. The third-order valence-corrected chi connectivity index (χ3v) is 4.99. The van der Waals surface area contributed by atoms with Gasteiger partial charge >= 0.3 is 0 Å². The minimum Gasteiger partial charge on any atom is -0.493 e. The Morgan fingerprint density at radius 2 is 1.57 bits per heavy atom. The standard InChI is InChI=1S/C21H27NO5S/c1-14-7-6-8-15(2)20(14)27-9-10-28-13-19(23)22-16-11-17(24-3)21(26-5)18(12-16)25-4/h6-8,11-12H,9-10,13H2,1-5H3,(H,22,23). The Labute approximate surface area is 170 Å². The van der Waals surface area contributed by atoms with Crippen LogP contribution in [-0.4, -0.2) is 45.3 Å². The number of carbonyl (C=O) groups is 1. The minimum absolute atomic E-state index is 0.105. The molecule has 0 aromatic heterocycles. The number of benzene rings is 2. The van der Waals surface area contributed by atoms with E-state index in [0.717, 1.165) is 22.6 Å². The molecule has 0 spiro atoms. The SMILES string of the molecule is COc1cc(NC(=O)CSCCOc2c(C)cccc2C)cc(OC)c1OC. The number of methoxy groups -OCH3 is 3. The van der Waals surface area contributed by atoms with Gasteiger partial charge in [-0.25, -0.2) is 0 Å². The van der Waals surface area contributed by atoms with Gasteiger partial charge in [-0.1, -0.05) is 18.2 Å². The summed E-state index contributed by atoms with van der Waals surface area (Å²) in [5.74, 6) is 3.33. The normalized spacial score (nSPS) is 10.3. The number of ether oxygens (including phenoxy) is 4. The van der Waals surface area contributed by atoms with Crippen LogP contribution in [0.15, 0.2) is 30.3 Å². The van der Waals surface area contributed by atoms with Crippen LogP contribution in [0.25, 0.3) is 0 Å². The number of para-hydroxylation sites is 1. The predicted octanol–water partition coefficient (Wildman–Crippen LogP) is 4.08. The van der Waals surface area contributed by atoms with Crippen molar-refractivity contribution >= 4 is 23.4 Å². The molecule has 6 nitrogen and oxygen atoms in total. The van der Waals surface area contributed by atoms with Crippen LogP contribution in [0.5, 0.6) is 23.0 Å². The van der Waals surface area contributed by atoms with E-state index in [1.54, 1.807) is 12.1 Å². The zero-order valence-electron chi connectivity index (χ0n) is 17.0. The van der Waals surface area contributed by atoms with Crippen molar-refractivity contribution in [1.82, 2.24) is 0 Å². The van der Waals surface area contributed by atoms with Gasteiger partial charge < -0.3 is 24.3 Å². The van der Waals surface area contributed by atoms with Crippen molar-refractivity contribution in [2.24, 2.45) is 0 Å². The lowest BCUT2D eigenvalue weighted by atomic mass is 10.1. The molecule has 0 bridgehead atoms. The maximum absolute atomic E-state index is 12.2. The van der Waals surface area contributed by atoms with E-state index >= 15 is 0 Å². The number of nitrogens with one attached hydrogen (secondary N) is 1. The molecule has 0 aliphatic carbocycles. The van der Waals surface area contributed by atoms with E-state index < -0.39 is 0 Å². The molecule has 7 heteroatoms. The highest BCUT2D eigenvalue weighted by Crippen LogP contribution is 2.39. The van der Waals surface area contributed by atoms with Gasteiger partial charge in [0.25, 0.3) is 0 Å². The molecule has 0 aliphatic heterocycles. The molecule has 0 heterocycles. The Morgan fingerprint density at radius 3 is 2.11 bits per heavy atom. The fourth-order valence-corrected chi connectivity index (χ4v) is 3.35. The number of thioether (sulfide) groups is 1. The maximum atomic E-state index is 12.2. The van der Waals surface area contributed by atoms with Crippen LogP contribution in [-0.2, 0) is 4.79 Å². The molecular formula is C21H27NO5S. The average Bonchev–Trinajstić information content (AvgIpc) is 2.68. The van der Waals surface area contributed by atoms with Crippen LogP contribution in [0.3, 0.4) is 0 Å². The smallest absolute Gasteiger partial charge is 0.234 e. The quantitative estimate of drug-likeness (QED) is 0.601. The molecule has 0 unspecified atom stereocenters. The Kier molecular flexibility index (Phi) is 8.32. The first-order chi connectivity index (χ1) is 13.5. The van der Waals surface area contributed by atoms with E-state index in [1.165, 1.54) is 33.1 Å². The number of hydrogen-bond acceptors (Lipinski definition) is 6. The van der Waals surface area contributed by atoms with Crippen LogP contribution < -0.4 is 24.3 Å².